The van der Waals surface area contributed by atoms with E-state index in [-0.39, 0.29) is 18.5 Å². The van der Waals surface area contributed by atoms with Gasteiger partial charge in [0.25, 0.3) is 0 Å². The predicted molar refractivity (Wildman–Crippen MR) is 150 cm³/mol. The molecule has 0 radical (unpaired) electrons. The van der Waals surface area contributed by atoms with Crippen LogP contribution in [0.15, 0.2) is 48.5 Å². The SMILES string of the molecule is CCOC(=O)Cc1ccc(-c2cc(C)c(Oc3ccc4c(c3C)CCN4C(=O)OC(C)(C)C)cc2C)cc1. The van der Waals surface area contributed by atoms with E-state index in [0.717, 1.165) is 62.6 Å². The van der Waals surface area contributed by atoms with Gasteiger partial charge in [0.2, 0.25) is 0 Å². The molecular weight excluding hydrogens is 478 g/mol. The second kappa shape index (κ2) is 10.9. The van der Waals surface area contributed by atoms with Gasteiger partial charge in [-0.2, -0.15) is 0 Å². The zero-order valence-electron chi connectivity index (χ0n) is 23.4. The van der Waals surface area contributed by atoms with E-state index in [0.29, 0.717) is 13.2 Å². The third-order valence-electron chi connectivity index (χ3n) is 6.67. The molecule has 38 heavy (non-hydrogen) atoms. The molecule has 0 unspecified atom stereocenters. The molecule has 0 saturated heterocycles. The number of nitrogens with zero attached hydrogens (tertiary/aromatic N) is 1. The Bertz CT molecular complexity index is 1350. The zero-order chi connectivity index (χ0) is 27.6. The highest BCUT2D eigenvalue weighted by molar-refractivity contribution is 5.91. The lowest BCUT2D eigenvalue weighted by molar-refractivity contribution is -0.142. The summed E-state index contributed by atoms with van der Waals surface area (Å²) in [6, 6.07) is 16.1. The average molecular weight is 516 g/mol. The highest BCUT2D eigenvalue weighted by Gasteiger charge is 2.30. The van der Waals surface area contributed by atoms with Gasteiger partial charge in [-0.1, -0.05) is 24.3 Å². The summed E-state index contributed by atoms with van der Waals surface area (Å²) in [5, 5.41) is 0. The van der Waals surface area contributed by atoms with Gasteiger partial charge in [0.15, 0.2) is 0 Å². The van der Waals surface area contributed by atoms with E-state index < -0.39 is 5.60 Å². The van der Waals surface area contributed by atoms with E-state index in [1.54, 1.807) is 4.90 Å². The third kappa shape index (κ3) is 6.01. The molecule has 6 nitrogen and oxygen atoms in total. The number of aryl methyl sites for hydroxylation is 2. The molecule has 200 valence electrons. The molecule has 1 aliphatic heterocycles. The lowest BCUT2D eigenvalue weighted by atomic mass is 9.96. The van der Waals surface area contributed by atoms with Crippen LogP contribution in [0.3, 0.4) is 0 Å². The highest BCUT2D eigenvalue weighted by Crippen LogP contribution is 2.39. The first-order valence-electron chi connectivity index (χ1n) is 13.1. The fourth-order valence-corrected chi connectivity index (χ4v) is 4.76. The van der Waals surface area contributed by atoms with Crippen molar-refractivity contribution in [2.75, 3.05) is 18.1 Å². The largest absolute Gasteiger partial charge is 0.466 e. The van der Waals surface area contributed by atoms with Gasteiger partial charge in [0.05, 0.1) is 18.7 Å². The van der Waals surface area contributed by atoms with Crippen molar-refractivity contribution in [3.63, 3.8) is 0 Å². The maximum atomic E-state index is 12.7. The summed E-state index contributed by atoms with van der Waals surface area (Å²) in [6.45, 7) is 14.6. The predicted octanol–water partition coefficient (Wildman–Crippen LogP) is 7.47. The number of hydrogen-bond donors (Lipinski definition) is 0. The molecule has 1 amide bonds. The second-order valence-electron chi connectivity index (χ2n) is 10.8. The number of anilines is 1. The average Bonchev–Trinajstić information content (AvgIpc) is 3.28. The first-order valence-corrected chi connectivity index (χ1v) is 13.1. The fraction of sp³-hybridized carbons (Fsp3) is 0.375. The minimum Gasteiger partial charge on any atom is -0.466 e. The van der Waals surface area contributed by atoms with Crippen molar-refractivity contribution in [1.29, 1.82) is 0 Å². The molecular formula is C32H37NO5. The maximum Gasteiger partial charge on any atom is 0.414 e. The van der Waals surface area contributed by atoms with Crippen LogP contribution >= 0.6 is 0 Å². The Kier molecular flexibility index (Phi) is 7.81. The minimum absolute atomic E-state index is 0.215. The first-order chi connectivity index (χ1) is 18.0. The van der Waals surface area contributed by atoms with Crippen LogP contribution in [0.1, 0.15) is 55.5 Å². The Morgan fingerprint density at radius 3 is 2.29 bits per heavy atom. The van der Waals surface area contributed by atoms with Crippen LogP contribution in [-0.4, -0.2) is 30.8 Å². The molecule has 0 atom stereocenters. The summed E-state index contributed by atoms with van der Waals surface area (Å²) < 4.78 is 17.0. The monoisotopic (exact) mass is 515 g/mol. The van der Waals surface area contributed by atoms with Crippen molar-refractivity contribution < 1.29 is 23.8 Å². The number of rotatable bonds is 6. The van der Waals surface area contributed by atoms with Gasteiger partial charge < -0.3 is 14.2 Å². The number of hydrogen-bond acceptors (Lipinski definition) is 5. The number of carbonyl (C=O) groups excluding carboxylic acids is 2. The molecule has 0 aliphatic carbocycles. The van der Waals surface area contributed by atoms with Crippen LogP contribution in [0.4, 0.5) is 10.5 Å². The van der Waals surface area contributed by atoms with E-state index in [2.05, 4.69) is 19.1 Å². The number of carbonyl (C=O) groups is 2. The van der Waals surface area contributed by atoms with E-state index >= 15 is 0 Å². The summed E-state index contributed by atoms with van der Waals surface area (Å²) in [7, 11) is 0. The summed E-state index contributed by atoms with van der Waals surface area (Å²) in [5.41, 5.74) is 7.75. The van der Waals surface area contributed by atoms with Crippen molar-refractivity contribution in [3.8, 4) is 22.6 Å². The quantitative estimate of drug-likeness (QED) is 0.319. The first kappa shape index (κ1) is 27.2. The number of ether oxygens (including phenoxy) is 3. The topological polar surface area (TPSA) is 65.1 Å². The Balaban J connectivity index is 1.53. The normalized spacial score (nSPS) is 12.8. The van der Waals surface area contributed by atoms with E-state index in [9.17, 15) is 9.59 Å². The standard InChI is InChI=1S/C32H37NO5/c1-8-36-30(34)19-23-9-11-24(12-10-23)26-17-21(3)29(18-20(26)2)37-28-14-13-27-25(22(28)4)15-16-33(27)31(35)38-32(5,6)7/h9-14,17-18H,8,15-16,19H2,1-7H3. The molecule has 3 aromatic carbocycles. The van der Waals surface area contributed by atoms with Gasteiger partial charge in [0, 0.05) is 6.54 Å². The zero-order valence-corrected chi connectivity index (χ0v) is 23.4. The van der Waals surface area contributed by atoms with Gasteiger partial charge in [-0.3, -0.25) is 9.69 Å². The number of benzene rings is 3. The smallest absolute Gasteiger partial charge is 0.414 e. The molecule has 6 heteroatoms. The molecule has 1 heterocycles. The number of fused-ring (bicyclic) bond motifs is 1. The third-order valence-corrected chi connectivity index (χ3v) is 6.67. The van der Waals surface area contributed by atoms with Crippen molar-refractivity contribution in [2.24, 2.45) is 0 Å². The summed E-state index contributed by atoms with van der Waals surface area (Å²) >= 11 is 0. The molecule has 0 N–H and O–H groups in total. The van der Waals surface area contributed by atoms with E-state index in [1.807, 2.05) is 77.9 Å². The Labute approximate surface area is 225 Å². The lowest BCUT2D eigenvalue weighted by Gasteiger charge is -2.25. The van der Waals surface area contributed by atoms with Crippen LogP contribution in [0, 0.1) is 20.8 Å². The van der Waals surface area contributed by atoms with E-state index in [4.69, 9.17) is 14.2 Å². The van der Waals surface area contributed by atoms with Crippen molar-refractivity contribution >= 4 is 17.7 Å². The van der Waals surface area contributed by atoms with Gasteiger partial charge in [-0.05, 0) is 118 Å². The van der Waals surface area contributed by atoms with Crippen molar-refractivity contribution in [3.05, 3.63) is 76.3 Å². The van der Waals surface area contributed by atoms with E-state index in [1.165, 1.54) is 0 Å². The fourth-order valence-electron chi connectivity index (χ4n) is 4.76. The van der Waals surface area contributed by atoms with Gasteiger partial charge in [0.1, 0.15) is 17.1 Å². The molecule has 0 spiro atoms. The van der Waals surface area contributed by atoms with Crippen LogP contribution in [0.5, 0.6) is 11.5 Å². The van der Waals surface area contributed by atoms with Gasteiger partial charge in [-0.25, -0.2) is 4.79 Å². The van der Waals surface area contributed by atoms with Crippen molar-refractivity contribution in [2.45, 2.75) is 66.9 Å². The van der Waals surface area contributed by atoms with Crippen molar-refractivity contribution in [1.82, 2.24) is 0 Å². The minimum atomic E-state index is -0.538. The molecule has 1 aliphatic rings. The molecule has 0 aromatic heterocycles. The van der Waals surface area contributed by atoms with Gasteiger partial charge >= 0.3 is 12.1 Å². The second-order valence-corrected chi connectivity index (χ2v) is 10.8. The van der Waals surface area contributed by atoms with Crippen LogP contribution in [-0.2, 0) is 27.1 Å². The van der Waals surface area contributed by atoms with Crippen LogP contribution in [0.2, 0.25) is 0 Å². The summed E-state index contributed by atoms with van der Waals surface area (Å²) in [4.78, 5) is 26.2. The highest BCUT2D eigenvalue weighted by atomic mass is 16.6. The Morgan fingerprint density at radius 1 is 0.921 bits per heavy atom. The molecule has 0 fully saturated rings. The number of amides is 1. The Hall–Kier alpha value is -3.80. The molecule has 0 bridgehead atoms. The van der Waals surface area contributed by atoms with Crippen LogP contribution in [0.25, 0.3) is 11.1 Å². The number of esters is 1. The summed E-state index contributed by atoms with van der Waals surface area (Å²) in [6.07, 6.45) is 0.718. The Morgan fingerprint density at radius 2 is 1.63 bits per heavy atom. The molecule has 0 saturated carbocycles. The van der Waals surface area contributed by atoms with Crippen LogP contribution < -0.4 is 9.64 Å². The molecule has 4 rings (SSSR count). The molecule has 3 aromatic rings. The maximum absolute atomic E-state index is 12.7. The van der Waals surface area contributed by atoms with Gasteiger partial charge in [-0.15, -0.1) is 0 Å². The lowest BCUT2D eigenvalue weighted by Crippen LogP contribution is -2.35. The summed E-state index contributed by atoms with van der Waals surface area (Å²) in [5.74, 6) is 1.37.